The van der Waals surface area contributed by atoms with E-state index in [1.807, 2.05) is 6.20 Å². The molecule has 82 valence electrons. The van der Waals surface area contributed by atoms with Crippen LogP contribution < -0.4 is 5.32 Å². The fourth-order valence-electron chi connectivity index (χ4n) is 2.85. The van der Waals surface area contributed by atoms with Crippen LogP contribution in [0.4, 0.5) is 0 Å². The van der Waals surface area contributed by atoms with Crippen LogP contribution in [-0.2, 0) is 10.2 Å². The van der Waals surface area contributed by atoms with Gasteiger partial charge in [0.05, 0.1) is 13.2 Å². The molecule has 0 amide bonds. The monoisotopic (exact) mass is 206 g/mol. The zero-order valence-electron chi connectivity index (χ0n) is 8.96. The fraction of sp³-hybridized carbons (Fsp3) is 0.667. The Morgan fingerprint density at radius 3 is 2.93 bits per heavy atom. The minimum atomic E-state index is 0.316. The Hall–Kier alpha value is -0.800. The van der Waals surface area contributed by atoms with Gasteiger partial charge in [-0.25, -0.2) is 0 Å². The summed E-state index contributed by atoms with van der Waals surface area (Å²) in [5, 5.41) is 3.44. The second-order valence-corrected chi connectivity index (χ2v) is 4.94. The number of hydrogen-bond acceptors (Lipinski definition) is 2. The molecule has 2 aliphatic heterocycles. The summed E-state index contributed by atoms with van der Waals surface area (Å²) in [7, 11) is 0. The predicted octanol–water partition coefficient (Wildman–Crippen LogP) is 1.28. The van der Waals surface area contributed by atoms with E-state index in [1.54, 1.807) is 0 Å². The summed E-state index contributed by atoms with van der Waals surface area (Å²) < 4.78 is 5.44. The van der Waals surface area contributed by atoms with Gasteiger partial charge in [0.25, 0.3) is 0 Å². The molecule has 3 heterocycles. The lowest BCUT2D eigenvalue weighted by Gasteiger charge is -2.43. The summed E-state index contributed by atoms with van der Waals surface area (Å²) in [4.78, 5) is 3.16. The molecule has 1 aromatic rings. The molecule has 1 unspecified atom stereocenters. The summed E-state index contributed by atoms with van der Waals surface area (Å²) in [6.07, 6.45) is 6.75. The number of aromatic nitrogens is 1. The molecule has 3 heteroatoms. The van der Waals surface area contributed by atoms with E-state index in [0.717, 1.165) is 19.1 Å². The number of aromatic amines is 1. The molecule has 3 nitrogen and oxygen atoms in total. The molecule has 0 radical (unpaired) electrons. The molecular weight excluding hydrogens is 188 g/mol. The Balaban J connectivity index is 1.75. The minimum absolute atomic E-state index is 0.316. The smallest absolute Gasteiger partial charge is 0.0586 e. The summed E-state index contributed by atoms with van der Waals surface area (Å²) >= 11 is 0. The Bertz CT molecular complexity index is 310. The van der Waals surface area contributed by atoms with Gasteiger partial charge in [-0.2, -0.15) is 0 Å². The van der Waals surface area contributed by atoms with Gasteiger partial charge in [0, 0.05) is 17.8 Å². The highest BCUT2D eigenvalue weighted by atomic mass is 16.5. The minimum Gasteiger partial charge on any atom is -0.379 e. The quantitative estimate of drug-likeness (QED) is 0.781. The van der Waals surface area contributed by atoms with Gasteiger partial charge in [-0.3, -0.25) is 0 Å². The van der Waals surface area contributed by atoms with Crippen LogP contribution in [0, 0.1) is 5.92 Å². The van der Waals surface area contributed by atoms with Crippen molar-refractivity contribution in [1.82, 2.24) is 10.3 Å². The first-order chi connectivity index (χ1) is 7.39. The van der Waals surface area contributed by atoms with Gasteiger partial charge < -0.3 is 15.0 Å². The number of H-pyrrole nitrogens is 1. The van der Waals surface area contributed by atoms with Crippen molar-refractivity contribution in [2.75, 3.05) is 26.3 Å². The summed E-state index contributed by atoms with van der Waals surface area (Å²) in [5.74, 6) is 0.837. The van der Waals surface area contributed by atoms with E-state index >= 15 is 0 Å². The lowest BCUT2D eigenvalue weighted by atomic mass is 9.73. The van der Waals surface area contributed by atoms with Gasteiger partial charge in [-0.05, 0) is 43.5 Å². The van der Waals surface area contributed by atoms with Crippen LogP contribution in [0.25, 0.3) is 0 Å². The van der Waals surface area contributed by atoms with E-state index < -0.39 is 0 Å². The van der Waals surface area contributed by atoms with E-state index in [2.05, 4.69) is 22.6 Å². The lowest BCUT2D eigenvalue weighted by Crippen LogP contribution is -2.48. The molecule has 1 aromatic heterocycles. The van der Waals surface area contributed by atoms with Gasteiger partial charge in [-0.1, -0.05) is 0 Å². The van der Waals surface area contributed by atoms with Crippen LogP contribution in [0.2, 0.25) is 0 Å². The molecule has 2 aliphatic rings. The third-order valence-electron chi connectivity index (χ3n) is 3.81. The van der Waals surface area contributed by atoms with Crippen LogP contribution in [0.3, 0.4) is 0 Å². The maximum absolute atomic E-state index is 5.44. The number of rotatable bonds is 3. The van der Waals surface area contributed by atoms with E-state index in [0.29, 0.717) is 5.41 Å². The highest BCUT2D eigenvalue weighted by molar-refractivity contribution is 5.25. The van der Waals surface area contributed by atoms with Crippen LogP contribution in [0.1, 0.15) is 18.4 Å². The third-order valence-corrected chi connectivity index (χ3v) is 3.81. The molecule has 2 fully saturated rings. The van der Waals surface area contributed by atoms with E-state index in [1.165, 1.54) is 31.5 Å². The fourth-order valence-corrected chi connectivity index (χ4v) is 2.85. The van der Waals surface area contributed by atoms with Crippen molar-refractivity contribution in [3.05, 3.63) is 24.0 Å². The van der Waals surface area contributed by atoms with Crippen molar-refractivity contribution in [3.8, 4) is 0 Å². The average molecular weight is 206 g/mol. The standard InChI is InChI=1S/C12H18N2O/c1-3-13-6-10(1)5-12(8-15-9-12)11-2-4-14-7-11/h2,4,7,10,13-14H,1,3,5-6,8-9H2. The predicted molar refractivity (Wildman–Crippen MR) is 58.9 cm³/mol. The van der Waals surface area contributed by atoms with Gasteiger partial charge in [-0.15, -0.1) is 0 Å². The molecule has 0 aliphatic carbocycles. The molecule has 0 saturated carbocycles. The van der Waals surface area contributed by atoms with Crippen molar-refractivity contribution in [3.63, 3.8) is 0 Å². The summed E-state index contributed by atoms with van der Waals surface area (Å²) in [6, 6.07) is 2.20. The third kappa shape index (κ3) is 1.60. The number of hydrogen-bond donors (Lipinski definition) is 2. The molecule has 3 rings (SSSR count). The van der Waals surface area contributed by atoms with Gasteiger partial charge in [0.1, 0.15) is 0 Å². The molecule has 0 spiro atoms. The topological polar surface area (TPSA) is 37.0 Å². The molecule has 0 bridgehead atoms. The average Bonchev–Trinajstić information content (AvgIpc) is 2.84. The molecular formula is C12H18N2O. The first kappa shape index (κ1) is 9.43. The Morgan fingerprint density at radius 1 is 1.47 bits per heavy atom. The summed E-state index contributed by atoms with van der Waals surface area (Å²) in [5.41, 5.74) is 1.75. The first-order valence-corrected chi connectivity index (χ1v) is 5.81. The van der Waals surface area contributed by atoms with Crippen molar-refractivity contribution in [2.45, 2.75) is 18.3 Å². The van der Waals surface area contributed by atoms with E-state index in [4.69, 9.17) is 4.74 Å². The Morgan fingerprint density at radius 2 is 2.40 bits per heavy atom. The van der Waals surface area contributed by atoms with Crippen LogP contribution in [0.5, 0.6) is 0 Å². The van der Waals surface area contributed by atoms with Crippen molar-refractivity contribution >= 4 is 0 Å². The highest BCUT2D eigenvalue weighted by Gasteiger charge is 2.42. The maximum atomic E-state index is 5.44. The van der Waals surface area contributed by atoms with Crippen LogP contribution in [-0.4, -0.2) is 31.3 Å². The molecule has 0 aromatic carbocycles. The highest BCUT2D eigenvalue weighted by Crippen LogP contribution is 2.39. The van der Waals surface area contributed by atoms with Crippen molar-refractivity contribution in [1.29, 1.82) is 0 Å². The second kappa shape index (κ2) is 3.65. The zero-order chi connectivity index (χ0) is 10.1. The van der Waals surface area contributed by atoms with Gasteiger partial charge in [0.15, 0.2) is 0 Å². The van der Waals surface area contributed by atoms with E-state index in [-0.39, 0.29) is 0 Å². The van der Waals surface area contributed by atoms with Gasteiger partial charge >= 0.3 is 0 Å². The van der Waals surface area contributed by atoms with Gasteiger partial charge in [0.2, 0.25) is 0 Å². The normalized spacial score (nSPS) is 28.9. The number of ether oxygens (including phenoxy) is 1. The Labute approximate surface area is 90.2 Å². The van der Waals surface area contributed by atoms with Crippen LogP contribution >= 0.6 is 0 Å². The zero-order valence-corrected chi connectivity index (χ0v) is 8.96. The SMILES string of the molecule is c1cc(C2(CC3CCNC3)COC2)c[nH]1. The molecule has 15 heavy (non-hydrogen) atoms. The van der Waals surface area contributed by atoms with E-state index in [9.17, 15) is 0 Å². The Kier molecular flexibility index (Phi) is 2.29. The summed E-state index contributed by atoms with van der Waals surface area (Å²) in [6.45, 7) is 4.18. The molecule has 1 atom stereocenters. The second-order valence-electron chi connectivity index (χ2n) is 4.94. The van der Waals surface area contributed by atoms with Crippen molar-refractivity contribution in [2.24, 2.45) is 5.92 Å². The number of nitrogens with one attached hydrogen (secondary N) is 2. The molecule has 2 saturated heterocycles. The largest absolute Gasteiger partial charge is 0.379 e. The first-order valence-electron chi connectivity index (χ1n) is 5.81. The van der Waals surface area contributed by atoms with Crippen LogP contribution in [0.15, 0.2) is 18.5 Å². The maximum Gasteiger partial charge on any atom is 0.0586 e. The molecule has 2 N–H and O–H groups in total. The van der Waals surface area contributed by atoms with Crippen molar-refractivity contribution < 1.29 is 4.74 Å². The lowest BCUT2D eigenvalue weighted by molar-refractivity contribution is -0.0705.